The molecule has 0 bridgehead atoms. The standard InChI is InChI=1S/C13H14FN3/c14-11-5-3-9(4-6-11)12(15)8-10-2-1-7-17-13(10)16/h1-7,12H,8,15H2,(H2,16,17). The Kier molecular flexibility index (Phi) is 3.35. The highest BCUT2D eigenvalue weighted by Gasteiger charge is 2.09. The number of pyridine rings is 1. The van der Waals surface area contributed by atoms with Gasteiger partial charge < -0.3 is 11.5 Å². The highest BCUT2D eigenvalue weighted by atomic mass is 19.1. The number of nitrogens with two attached hydrogens (primary N) is 2. The summed E-state index contributed by atoms with van der Waals surface area (Å²) in [5.74, 6) is 0.229. The average Bonchev–Trinajstić information content (AvgIpc) is 2.33. The number of hydrogen-bond acceptors (Lipinski definition) is 3. The molecule has 17 heavy (non-hydrogen) atoms. The summed E-state index contributed by atoms with van der Waals surface area (Å²) in [6.45, 7) is 0. The van der Waals surface area contributed by atoms with Gasteiger partial charge in [-0.05, 0) is 35.7 Å². The van der Waals surface area contributed by atoms with Gasteiger partial charge in [-0.2, -0.15) is 0 Å². The maximum atomic E-state index is 12.8. The quantitative estimate of drug-likeness (QED) is 0.849. The molecule has 4 heteroatoms. The second-order valence-electron chi connectivity index (χ2n) is 3.91. The molecule has 0 fully saturated rings. The molecule has 1 atom stereocenters. The first-order chi connectivity index (χ1) is 8.16. The molecule has 1 aromatic heterocycles. The van der Waals surface area contributed by atoms with Gasteiger partial charge in [0.15, 0.2) is 0 Å². The van der Waals surface area contributed by atoms with Crippen molar-refractivity contribution in [2.45, 2.75) is 12.5 Å². The maximum absolute atomic E-state index is 12.8. The van der Waals surface area contributed by atoms with E-state index in [0.717, 1.165) is 11.1 Å². The summed E-state index contributed by atoms with van der Waals surface area (Å²) in [6, 6.07) is 9.69. The molecule has 0 spiro atoms. The fourth-order valence-electron chi connectivity index (χ4n) is 1.69. The molecule has 0 aliphatic rings. The van der Waals surface area contributed by atoms with Crippen molar-refractivity contribution >= 4 is 5.82 Å². The summed E-state index contributed by atoms with van der Waals surface area (Å²) < 4.78 is 12.8. The number of nitrogens with zero attached hydrogens (tertiary/aromatic N) is 1. The Morgan fingerprint density at radius 2 is 1.88 bits per heavy atom. The van der Waals surface area contributed by atoms with Crippen molar-refractivity contribution in [2.24, 2.45) is 5.73 Å². The maximum Gasteiger partial charge on any atom is 0.126 e. The van der Waals surface area contributed by atoms with Crippen LogP contribution >= 0.6 is 0 Å². The molecule has 3 nitrogen and oxygen atoms in total. The molecular formula is C13H14FN3. The summed E-state index contributed by atoms with van der Waals surface area (Å²) in [6.07, 6.45) is 2.23. The van der Waals surface area contributed by atoms with Gasteiger partial charge in [-0.1, -0.05) is 18.2 Å². The van der Waals surface area contributed by atoms with E-state index in [9.17, 15) is 4.39 Å². The Hall–Kier alpha value is -1.94. The molecule has 1 heterocycles. The van der Waals surface area contributed by atoms with E-state index in [1.807, 2.05) is 12.1 Å². The van der Waals surface area contributed by atoms with Crippen molar-refractivity contribution in [1.29, 1.82) is 0 Å². The van der Waals surface area contributed by atoms with Crippen LogP contribution in [0.2, 0.25) is 0 Å². The summed E-state index contributed by atoms with van der Waals surface area (Å²) in [5.41, 5.74) is 13.6. The first-order valence-corrected chi connectivity index (χ1v) is 5.37. The van der Waals surface area contributed by atoms with Gasteiger partial charge in [0, 0.05) is 12.2 Å². The number of rotatable bonds is 3. The van der Waals surface area contributed by atoms with E-state index in [4.69, 9.17) is 11.5 Å². The van der Waals surface area contributed by atoms with Crippen LogP contribution in [0.5, 0.6) is 0 Å². The van der Waals surface area contributed by atoms with Crippen LogP contribution in [0, 0.1) is 5.82 Å². The van der Waals surface area contributed by atoms with E-state index in [-0.39, 0.29) is 11.9 Å². The highest BCUT2D eigenvalue weighted by Crippen LogP contribution is 2.18. The second kappa shape index (κ2) is 4.93. The highest BCUT2D eigenvalue weighted by molar-refractivity contribution is 5.39. The number of anilines is 1. The number of hydrogen-bond donors (Lipinski definition) is 2. The Balaban J connectivity index is 2.14. The van der Waals surface area contributed by atoms with Gasteiger partial charge in [0.1, 0.15) is 11.6 Å². The van der Waals surface area contributed by atoms with Crippen LogP contribution < -0.4 is 11.5 Å². The van der Waals surface area contributed by atoms with E-state index in [1.54, 1.807) is 18.3 Å². The summed E-state index contributed by atoms with van der Waals surface area (Å²) in [5, 5.41) is 0. The van der Waals surface area contributed by atoms with Gasteiger partial charge >= 0.3 is 0 Å². The van der Waals surface area contributed by atoms with Gasteiger partial charge in [-0.25, -0.2) is 9.37 Å². The molecule has 0 saturated heterocycles. The van der Waals surface area contributed by atoms with Crippen molar-refractivity contribution in [3.8, 4) is 0 Å². The monoisotopic (exact) mass is 231 g/mol. The van der Waals surface area contributed by atoms with Crippen LogP contribution in [0.25, 0.3) is 0 Å². The van der Waals surface area contributed by atoms with E-state index in [0.29, 0.717) is 12.2 Å². The van der Waals surface area contributed by atoms with Gasteiger partial charge in [-0.15, -0.1) is 0 Å². The summed E-state index contributed by atoms with van der Waals surface area (Å²) >= 11 is 0. The topological polar surface area (TPSA) is 64.9 Å². The molecule has 2 rings (SSSR count). The predicted molar refractivity (Wildman–Crippen MR) is 65.7 cm³/mol. The number of halogens is 1. The molecular weight excluding hydrogens is 217 g/mol. The van der Waals surface area contributed by atoms with E-state index < -0.39 is 0 Å². The first-order valence-electron chi connectivity index (χ1n) is 5.37. The lowest BCUT2D eigenvalue weighted by Gasteiger charge is -2.13. The van der Waals surface area contributed by atoms with Crippen molar-refractivity contribution in [2.75, 3.05) is 5.73 Å². The minimum atomic E-state index is -0.262. The molecule has 0 aliphatic heterocycles. The number of benzene rings is 1. The van der Waals surface area contributed by atoms with Crippen molar-refractivity contribution in [3.63, 3.8) is 0 Å². The number of nitrogen functional groups attached to an aromatic ring is 1. The van der Waals surface area contributed by atoms with E-state index in [1.165, 1.54) is 12.1 Å². The molecule has 2 aromatic rings. The zero-order chi connectivity index (χ0) is 12.3. The summed E-state index contributed by atoms with van der Waals surface area (Å²) in [7, 11) is 0. The Morgan fingerprint density at radius 3 is 2.53 bits per heavy atom. The Labute approximate surface area is 99.3 Å². The lowest BCUT2D eigenvalue weighted by Crippen LogP contribution is -2.14. The van der Waals surface area contributed by atoms with Crippen LogP contribution in [0.15, 0.2) is 42.6 Å². The van der Waals surface area contributed by atoms with E-state index in [2.05, 4.69) is 4.98 Å². The van der Waals surface area contributed by atoms with Gasteiger partial charge in [0.2, 0.25) is 0 Å². The van der Waals surface area contributed by atoms with Gasteiger partial charge in [-0.3, -0.25) is 0 Å². The molecule has 0 saturated carbocycles. The fourth-order valence-corrected chi connectivity index (χ4v) is 1.69. The Morgan fingerprint density at radius 1 is 1.18 bits per heavy atom. The van der Waals surface area contributed by atoms with Crippen LogP contribution in [0.3, 0.4) is 0 Å². The van der Waals surface area contributed by atoms with Crippen molar-refractivity contribution < 1.29 is 4.39 Å². The minimum Gasteiger partial charge on any atom is -0.383 e. The average molecular weight is 231 g/mol. The van der Waals surface area contributed by atoms with Gasteiger partial charge in [0.05, 0.1) is 0 Å². The smallest absolute Gasteiger partial charge is 0.126 e. The lowest BCUT2D eigenvalue weighted by atomic mass is 10.0. The van der Waals surface area contributed by atoms with E-state index >= 15 is 0 Å². The third-order valence-electron chi connectivity index (χ3n) is 2.66. The molecule has 0 amide bonds. The van der Waals surface area contributed by atoms with Crippen molar-refractivity contribution in [1.82, 2.24) is 4.98 Å². The Bertz CT molecular complexity index is 496. The zero-order valence-corrected chi connectivity index (χ0v) is 9.31. The van der Waals surface area contributed by atoms with Gasteiger partial charge in [0.25, 0.3) is 0 Å². The molecule has 88 valence electrons. The lowest BCUT2D eigenvalue weighted by molar-refractivity contribution is 0.624. The first kappa shape index (κ1) is 11.5. The SMILES string of the molecule is Nc1ncccc1CC(N)c1ccc(F)cc1. The second-order valence-corrected chi connectivity index (χ2v) is 3.91. The van der Waals surface area contributed by atoms with Crippen LogP contribution in [-0.4, -0.2) is 4.98 Å². The molecule has 0 aliphatic carbocycles. The summed E-state index contributed by atoms with van der Waals surface area (Å²) in [4.78, 5) is 4.00. The largest absolute Gasteiger partial charge is 0.383 e. The predicted octanol–water partition coefficient (Wildman–Crippen LogP) is 2.05. The molecule has 1 unspecified atom stereocenters. The minimum absolute atomic E-state index is 0.206. The third kappa shape index (κ3) is 2.79. The molecule has 1 aromatic carbocycles. The zero-order valence-electron chi connectivity index (χ0n) is 9.31. The molecule has 0 radical (unpaired) electrons. The number of aromatic nitrogens is 1. The third-order valence-corrected chi connectivity index (χ3v) is 2.66. The molecule has 4 N–H and O–H groups in total. The normalized spacial score (nSPS) is 12.4. The van der Waals surface area contributed by atoms with Crippen LogP contribution in [0.4, 0.5) is 10.2 Å². The van der Waals surface area contributed by atoms with Crippen LogP contribution in [0.1, 0.15) is 17.2 Å². The fraction of sp³-hybridized carbons (Fsp3) is 0.154. The van der Waals surface area contributed by atoms with Crippen molar-refractivity contribution in [3.05, 3.63) is 59.5 Å². The van der Waals surface area contributed by atoms with Crippen LogP contribution in [-0.2, 0) is 6.42 Å².